The van der Waals surface area contributed by atoms with Gasteiger partial charge in [-0.25, -0.2) is 4.79 Å². The van der Waals surface area contributed by atoms with Crippen LogP contribution in [0.2, 0.25) is 0 Å². The lowest BCUT2D eigenvalue weighted by atomic mass is 10.1. The molecule has 0 bridgehead atoms. The Morgan fingerprint density at radius 1 is 1.40 bits per heavy atom. The van der Waals surface area contributed by atoms with Crippen molar-refractivity contribution in [2.75, 3.05) is 7.11 Å². The van der Waals surface area contributed by atoms with E-state index >= 15 is 0 Å². The predicted molar refractivity (Wildman–Crippen MR) is 75.2 cm³/mol. The van der Waals surface area contributed by atoms with Crippen molar-refractivity contribution in [3.63, 3.8) is 0 Å². The fraction of sp³-hybridized carbons (Fsp3) is 0.154. The largest absolute Gasteiger partial charge is 0.497 e. The average Bonchev–Trinajstić information content (AvgIpc) is 2.48. The van der Waals surface area contributed by atoms with Crippen LogP contribution in [0.5, 0.6) is 5.75 Å². The SMILES string of the molecule is C=C1N=NC(=O)N/C1=N/N=C(\C)c1cccc(OC)c1. The Morgan fingerprint density at radius 2 is 2.20 bits per heavy atom. The van der Waals surface area contributed by atoms with Gasteiger partial charge in [0.05, 0.1) is 12.8 Å². The van der Waals surface area contributed by atoms with Crippen LogP contribution in [-0.2, 0) is 0 Å². The van der Waals surface area contributed by atoms with Crippen molar-refractivity contribution in [3.8, 4) is 5.75 Å². The summed E-state index contributed by atoms with van der Waals surface area (Å²) < 4.78 is 5.14. The van der Waals surface area contributed by atoms with Crippen LogP contribution < -0.4 is 10.1 Å². The van der Waals surface area contributed by atoms with E-state index < -0.39 is 6.03 Å². The standard InChI is InChI=1S/C13H13N5O2/c1-8(10-5-4-6-11(7-10)20-3)15-17-12-9(2)16-18-13(19)14-12/h4-7H,2H2,1,3H3,(H,14,17,19)/b15-8+. The van der Waals surface area contributed by atoms with Crippen molar-refractivity contribution in [3.05, 3.63) is 42.1 Å². The normalized spacial score (nSPS) is 17.3. The summed E-state index contributed by atoms with van der Waals surface area (Å²) in [5.74, 6) is 0.918. The average molecular weight is 271 g/mol. The molecule has 1 aliphatic heterocycles. The summed E-state index contributed by atoms with van der Waals surface area (Å²) in [5.41, 5.74) is 1.79. The molecule has 0 radical (unpaired) electrons. The second-order valence-corrected chi connectivity index (χ2v) is 3.94. The Morgan fingerprint density at radius 3 is 2.95 bits per heavy atom. The number of nitrogens with one attached hydrogen (secondary N) is 1. The number of carbonyl (C=O) groups excluding carboxylic acids is 1. The van der Waals surface area contributed by atoms with Crippen LogP contribution in [0, 0.1) is 0 Å². The molecule has 0 aromatic heterocycles. The fourth-order valence-corrected chi connectivity index (χ4v) is 1.47. The molecule has 1 heterocycles. The summed E-state index contributed by atoms with van der Waals surface area (Å²) in [7, 11) is 1.60. The van der Waals surface area contributed by atoms with Gasteiger partial charge in [0.25, 0.3) is 0 Å². The van der Waals surface area contributed by atoms with Gasteiger partial charge in [-0.2, -0.15) is 5.10 Å². The van der Waals surface area contributed by atoms with E-state index in [2.05, 4.69) is 32.3 Å². The third kappa shape index (κ3) is 3.14. The van der Waals surface area contributed by atoms with Gasteiger partial charge >= 0.3 is 6.03 Å². The lowest BCUT2D eigenvalue weighted by Crippen LogP contribution is -2.31. The van der Waals surface area contributed by atoms with Gasteiger partial charge in [-0.05, 0) is 19.1 Å². The van der Waals surface area contributed by atoms with E-state index in [-0.39, 0.29) is 11.5 Å². The number of urea groups is 1. The number of hydrogen-bond acceptors (Lipinski definition) is 5. The van der Waals surface area contributed by atoms with E-state index in [0.29, 0.717) is 5.71 Å². The molecule has 0 aliphatic carbocycles. The number of nitrogens with zero attached hydrogens (tertiary/aromatic N) is 4. The van der Waals surface area contributed by atoms with Gasteiger partial charge in [-0.3, -0.25) is 5.32 Å². The monoisotopic (exact) mass is 271 g/mol. The van der Waals surface area contributed by atoms with E-state index in [1.54, 1.807) is 14.0 Å². The third-order valence-corrected chi connectivity index (χ3v) is 2.55. The maximum atomic E-state index is 11.1. The van der Waals surface area contributed by atoms with Gasteiger partial charge in [0.2, 0.25) is 0 Å². The summed E-state index contributed by atoms with van der Waals surface area (Å²) in [4.78, 5) is 11.1. The molecule has 0 fully saturated rings. The van der Waals surface area contributed by atoms with Crippen LogP contribution in [0.25, 0.3) is 0 Å². The highest BCUT2D eigenvalue weighted by Gasteiger charge is 2.14. The van der Waals surface area contributed by atoms with Crippen LogP contribution in [0.3, 0.4) is 0 Å². The number of hydrogen-bond donors (Lipinski definition) is 1. The zero-order chi connectivity index (χ0) is 14.5. The van der Waals surface area contributed by atoms with Gasteiger partial charge in [0.15, 0.2) is 5.84 Å². The van der Waals surface area contributed by atoms with Crippen LogP contribution >= 0.6 is 0 Å². The predicted octanol–water partition coefficient (Wildman–Crippen LogP) is 2.51. The lowest BCUT2D eigenvalue weighted by Gasteiger charge is -2.07. The second kappa shape index (κ2) is 5.87. The van der Waals surface area contributed by atoms with Crippen LogP contribution in [0.4, 0.5) is 4.79 Å². The Bertz CT molecular complexity index is 646. The minimum atomic E-state index is -0.592. The van der Waals surface area contributed by atoms with Crippen molar-refractivity contribution in [2.45, 2.75) is 6.92 Å². The van der Waals surface area contributed by atoms with Gasteiger partial charge in [0.1, 0.15) is 11.4 Å². The molecular weight excluding hydrogens is 258 g/mol. The molecule has 0 saturated heterocycles. The Balaban J connectivity index is 2.24. The lowest BCUT2D eigenvalue weighted by molar-refractivity contribution is 0.251. The maximum absolute atomic E-state index is 11.1. The molecule has 0 atom stereocenters. The quantitative estimate of drug-likeness (QED) is 0.676. The number of benzene rings is 1. The minimum Gasteiger partial charge on any atom is -0.497 e. The summed E-state index contributed by atoms with van der Waals surface area (Å²) >= 11 is 0. The van der Waals surface area contributed by atoms with Crippen LogP contribution in [-0.4, -0.2) is 24.7 Å². The van der Waals surface area contributed by atoms with E-state index in [1.807, 2.05) is 24.3 Å². The zero-order valence-corrected chi connectivity index (χ0v) is 11.1. The van der Waals surface area contributed by atoms with Crippen molar-refractivity contribution in [1.29, 1.82) is 0 Å². The number of amides is 2. The molecule has 0 unspecified atom stereocenters. The molecule has 1 aromatic rings. The number of carbonyl (C=O) groups is 1. The van der Waals surface area contributed by atoms with Crippen LogP contribution in [0.1, 0.15) is 12.5 Å². The van der Waals surface area contributed by atoms with E-state index in [9.17, 15) is 4.79 Å². The summed E-state index contributed by atoms with van der Waals surface area (Å²) in [6.07, 6.45) is 0. The fourth-order valence-electron chi connectivity index (χ4n) is 1.47. The summed E-state index contributed by atoms with van der Waals surface area (Å²) in [6.45, 7) is 5.41. The molecule has 2 amide bonds. The number of methoxy groups -OCH3 is 1. The smallest absolute Gasteiger partial charge is 0.365 e. The molecule has 7 nitrogen and oxygen atoms in total. The topological polar surface area (TPSA) is 87.8 Å². The minimum absolute atomic E-state index is 0.187. The highest BCUT2D eigenvalue weighted by Crippen LogP contribution is 2.13. The molecule has 1 N–H and O–H groups in total. The summed E-state index contributed by atoms with van der Waals surface area (Å²) in [5, 5.41) is 17.3. The third-order valence-electron chi connectivity index (χ3n) is 2.55. The molecule has 20 heavy (non-hydrogen) atoms. The van der Waals surface area contributed by atoms with Gasteiger partial charge in [0, 0.05) is 5.56 Å². The van der Waals surface area contributed by atoms with Crippen molar-refractivity contribution >= 4 is 17.6 Å². The number of ether oxygens (including phenoxy) is 1. The molecular formula is C13H13N5O2. The first-order chi connectivity index (χ1) is 9.60. The van der Waals surface area contributed by atoms with E-state index in [0.717, 1.165) is 11.3 Å². The first-order valence-electron chi connectivity index (χ1n) is 5.79. The van der Waals surface area contributed by atoms with Crippen LogP contribution in [0.15, 0.2) is 57.0 Å². The molecule has 7 heteroatoms. The Labute approximate surface area is 115 Å². The molecule has 0 saturated carbocycles. The molecule has 102 valence electrons. The molecule has 2 rings (SSSR count). The van der Waals surface area contributed by atoms with Gasteiger partial charge in [-0.15, -0.1) is 10.2 Å². The Kier molecular flexibility index (Phi) is 3.99. The first kappa shape index (κ1) is 13.6. The molecule has 1 aliphatic rings. The van der Waals surface area contributed by atoms with Crippen molar-refractivity contribution in [2.24, 2.45) is 20.4 Å². The maximum Gasteiger partial charge on any atom is 0.365 e. The highest BCUT2D eigenvalue weighted by molar-refractivity contribution is 6.09. The van der Waals surface area contributed by atoms with Gasteiger partial charge < -0.3 is 4.74 Å². The molecule has 0 spiro atoms. The molecule has 1 aromatic carbocycles. The highest BCUT2D eigenvalue weighted by atomic mass is 16.5. The van der Waals surface area contributed by atoms with Crippen molar-refractivity contribution < 1.29 is 9.53 Å². The number of amidine groups is 1. The number of azo groups is 1. The van der Waals surface area contributed by atoms with E-state index in [4.69, 9.17) is 4.74 Å². The number of rotatable bonds is 3. The summed E-state index contributed by atoms with van der Waals surface area (Å²) in [6, 6.07) is 6.83. The van der Waals surface area contributed by atoms with E-state index in [1.165, 1.54) is 0 Å². The zero-order valence-electron chi connectivity index (χ0n) is 11.1. The first-order valence-corrected chi connectivity index (χ1v) is 5.79. The van der Waals surface area contributed by atoms with Crippen molar-refractivity contribution in [1.82, 2.24) is 5.32 Å². The second-order valence-electron chi connectivity index (χ2n) is 3.94. The Hall–Kier alpha value is -2.83. The van der Waals surface area contributed by atoms with Gasteiger partial charge in [-0.1, -0.05) is 23.8 Å².